The number of aliphatic imine (C=N–C) groups is 1. The van der Waals surface area contributed by atoms with Crippen LogP contribution in [0, 0.1) is 5.82 Å². The summed E-state index contributed by atoms with van der Waals surface area (Å²) in [6, 6.07) is 9.63. The van der Waals surface area contributed by atoms with Gasteiger partial charge in [0.25, 0.3) is 0 Å². The number of halogens is 1. The molecule has 0 amide bonds. The molecular formula is C22H21FN4O4. The highest BCUT2D eigenvalue weighted by Gasteiger charge is 2.26. The van der Waals surface area contributed by atoms with Gasteiger partial charge >= 0.3 is 5.56 Å². The largest absolute Gasteiger partial charge is 0.501 e. The number of rotatable bonds is 4. The van der Waals surface area contributed by atoms with Crippen molar-refractivity contribution in [2.45, 2.75) is 12.5 Å². The standard InChI is InChI=1S/C22H21FN4O4/c23-15-3-1-14(2-4-15)11-16-13-31-21(24-16)19-20(28)22(29)27-12-17(5-6-18(27)25-19)26-7-9-30-10-8-26/h1-6,12,16,28H,7-11,13H2. The van der Waals surface area contributed by atoms with E-state index in [1.54, 1.807) is 24.4 Å². The number of hydrogen-bond acceptors (Lipinski definition) is 7. The van der Waals surface area contributed by atoms with Crippen molar-refractivity contribution < 1.29 is 19.0 Å². The van der Waals surface area contributed by atoms with E-state index >= 15 is 0 Å². The van der Waals surface area contributed by atoms with Gasteiger partial charge in [0.05, 0.1) is 24.9 Å². The molecule has 0 aliphatic carbocycles. The minimum Gasteiger partial charge on any atom is -0.501 e. The Balaban J connectivity index is 1.44. The van der Waals surface area contributed by atoms with Crippen LogP contribution in [0.15, 0.2) is 52.4 Å². The Morgan fingerprint density at radius 1 is 1.13 bits per heavy atom. The van der Waals surface area contributed by atoms with Gasteiger partial charge in [-0.1, -0.05) is 12.1 Å². The molecule has 2 aliphatic rings. The number of aromatic nitrogens is 2. The second-order valence-corrected chi connectivity index (χ2v) is 7.56. The zero-order chi connectivity index (χ0) is 21.4. The van der Waals surface area contributed by atoms with Crippen LogP contribution in [0.4, 0.5) is 10.1 Å². The Labute approximate surface area is 177 Å². The second-order valence-electron chi connectivity index (χ2n) is 7.56. The van der Waals surface area contributed by atoms with Crippen molar-refractivity contribution in [1.29, 1.82) is 0 Å². The maximum Gasteiger partial charge on any atom is 0.300 e. The number of fused-ring (bicyclic) bond motifs is 1. The summed E-state index contributed by atoms with van der Waals surface area (Å²) in [5, 5.41) is 10.5. The van der Waals surface area contributed by atoms with Crippen molar-refractivity contribution in [3.8, 4) is 5.75 Å². The van der Waals surface area contributed by atoms with Gasteiger partial charge in [-0.15, -0.1) is 0 Å². The normalized spacial score (nSPS) is 18.8. The van der Waals surface area contributed by atoms with E-state index in [4.69, 9.17) is 9.47 Å². The quantitative estimate of drug-likeness (QED) is 0.687. The minimum atomic E-state index is -0.580. The molecule has 4 heterocycles. The third-order valence-electron chi connectivity index (χ3n) is 5.46. The van der Waals surface area contributed by atoms with E-state index in [1.807, 2.05) is 6.07 Å². The molecule has 1 aromatic carbocycles. The summed E-state index contributed by atoms with van der Waals surface area (Å²) < 4.78 is 25.4. The molecule has 3 aromatic rings. The fourth-order valence-electron chi connectivity index (χ4n) is 3.82. The molecule has 2 aliphatic heterocycles. The lowest BCUT2D eigenvalue weighted by Gasteiger charge is -2.28. The van der Waals surface area contributed by atoms with Crippen molar-refractivity contribution in [3.63, 3.8) is 0 Å². The van der Waals surface area contributed by atoms with Crippen molar-refractivity contribution >= 4 is 17.2 Å². The van der Waals surface area contributed by atoms with Gasteiger partial charge in [-0.05, 0) is 36.2 Å². The van der Waals surface area contributed by atoms with Crippen LogP contribution in [0.2, 0.25) is 0 Å². The second kappa shape index (κ2) is 7.99. The van der Waals surface area contributed by atoms with E-state index in [0.29, 0.717) is 31.9 Å². The topological polar surface area (TPSA) is 88.7 Å². The fourth-order valence-corrected chi connectivity index (χ4v) is 3.82. The summed E-state index contributed by atoms with van der Waals surface area (Å²) in [5.41, 5.74) is 1.63. The Morgan fingerprint density at radius 2 is 1.90 bits per heavy atom. The summed E-state index contributed by atoms with van der Waals surface area (Å²) in [5.74, 6) is -0.655. The van der Waals surface area contributed by atoms with E-state index in [0.717, 1.165) is 24.3 Å². The van der Waals surface area contributed by atoms with Crippen molar-refractivity contribution in [3.05, 3.63) is 70.0 Å². The van der Waals surface area contributed by atoms with Gasteiger partial charge in [-0.2, -0.15) is 0 Å². The maximum atomic E-state index is 13.1. The van der Waals surface area contributed by atoms with Crippen LogP contribution in [-0.4, -0.2) is 59.3 Å². The molecular weight excluding hydrogens is 403 g/mol. The number of nitrogens with zero attached hydrogens (tertiary/aromatic N) is 4. The predicted octanol–water partition coefficient (Wildman–Crippen LogP) is 1.76. The molecule has 1 unspecified atom stereocenters. The highest BCUT2D eigenvalue weighted by molar-refractivity contribution is 5.96. The number of anilines is 1. The Hall–Kier alpha value is -3.46. The third-order valence-corrected chi connectivity index (χ3v) is 5.46. The SMILES string of the molecule is O=c1c(O)c(C2=NC(Cc3ccc(F)cc3)CO2)nc2ccc(N3CCOCC3)cn12. The van der Waals surface area contributed by atoms with Crippen LogP contribution in [0.25, 0.3) is 5.65 Å². The Bertz CT molecular complexity index is 1200. The van der Waals surface area contributed by atoms with Crippen LogP contribution in [0.5, 0.6) is 5.75 Å². The smallest absolute Gasteiger partial charge is 0.300 e. The number of hydrogen-bond donors (Lipinski definition) is 1. The van der Waals surface area contributed by atoms with Crippen LogP contribution in [0.3, 0.4) is 0 Å². The molecule has 1 N–H and O–H groups in total. The van der Waals surface area contributed by atoms with E-state index in [-0.39, 0.29) is 23.5 Å². The fraction of sp³-hybridized carbons (Fsp3) is 0.318. The molecule has 1 saturated heterocycles. The number of pyridine rings is 1. The van der Waals surface area contributed by atoms with E-state index in [9.17, 15) is 14.3 Å². The molecule has 5 rings (SSSR count). The predicted molar refractivity (Wildman–Crippen MR) is 113 cm³/mol. The van der Waals surface area contributed by atoms with Crippen LogP contribution < -0.4 is 10.5 Å². The first kappa shape index (κ1) is 19.5. The molecule has 1 fully saturated rings. The van der Waals surface area contributed by atoms with Gasteiger partial charge in [-0.25, -0.2) is 14.4 Å². The third kappa shape index (κ3) is 3.84. The van der Waals surface area contributed by atoms with E-state index < -0.39 is 11.3 Å². The summed E-state index contributed by atoms with van der Waals surface area (Å²) in [6.45, 7) is 3.02. The minimum absolute atomic E-state index is 0.0331. The zero-order valence-electron chi connectivity index (χ0n) is 16.7. The molecule has 8 nitrogen and oxygen atoms in total. The monoisotopic (exact) mass is 424 g/mol. The average Bonchev–Trinajstić information content (AvgIpc) is 3.26. The van der Waals surface area contributed by atoms with Crippen molar-refractivity contribution in [2.24, 2.45) is 4.99 Å². The van der Waals surface area contributed by atoms with Gasteiger partial charge in [0.15, 0.2) is 5.69 Å². The molecule has 0 radical (unpaired) electrons. The lowest BCUT2D eigenvalue weighted by Crippen LogP contribution is -2.36. The molecule has 0 spiro atoms. The Morgan fingerprint density at radius 3 is 2.68 bits per heavy atom. The highest BCUT2D eigenvalue weighted by Crippen LogP contribution is 2.21. The van der Waals surface area contributed by atoms with Gasteiger partial charge in [0.1, 0.15) is 18.1 Å². The first-order valence-corrected chi connectivity index (χ1v) is 10.1. The number of aromatic hydroxyl groups is 1. The van der Waals surface area contributed by atoms with Crippen LogP contribution in [0.1, 0.15) is 11.3 Å². The van der Waals surface area contributed by atoms with Gasteiger partial charge < -0.3 is 19.5 Å². The summed E-state index contributed by atoms with van der Waals surface area (Å²) in [7, 11) is 0. The number of benzene rings is 1. The average molecular weight is 424 g/mol. The van der Waals surface area contributed by atoms with E-state index in [2.05, 4.69) is 14.9 Å². The maximum absolute atomic E-state index is 13.1. The molecule has 2 aromatic heterocycles. The molecule has 0 saturated carbocycles. The first-order chi connectivity index (χ1) is 15.1. The molecule has 31 heavy (non-hydrogen) atoms. The van der Waals surface area contributed by atoms with Gasteiger partial charge in [0, 0.05) is 19.3 Å². The summed E-state index contributed by atoms with van der Waals surface area (Å²) in [4.78, 5) is 23.8. The van der Waals surface area contributed by atoms with Gasteiger partial charge in [0.2, 0.25) is 11.6 Å². The zero-order valence-corrected chi connectivity index (χ0v) is 16.7. The van der Waals surface area contributed by atoms with Crippen LogP contribution >= 0.6 is 0 Å². The lowest BCUT2D eigenvalue weighted by molar-refractivity contribution is 0.122. The van der Waals surface area contributed by atoms with Crippen molar-refractivity contribution in [2.75, 3.05) is 37.8 Å². The Kier molecular flexibility index (Phi) is 5.03. The van der Waals surface area contributed by atoms with Crippen molar-refractivity contribution in [1.82, 2.24) is 9.38 Å². The molecule has 160 valence electrons. The summed E-state index contributed by atoms with van der Waals surface area (Å²) >= 11 is 0. The lowest BCUT2D eigenvalue weighted by atomic mass is 10.1. The number of ether oxygens (including phenoxy) is 2. The molecule has 0 bridgehead atoms. The van der Waals surface area contributed by atoms with E-state index in [1.165, 1.54) is 16.5 Å². The summed E-state index contributed by atoms with van der Waals surface area (Å²) in [6.07, 6.45) is 2.23. The number of morpholine rings is 1. The molecule has 1 atom stereocenters. The first-order valence-electron chi connectivity index (χ1n) is 10.1. The van der Waals surface area contributed by atoms with Crippen LogP contribution in [-0.2, 0) is 15.9 Å². The van der Waals surface area contributed by atoms with Gasteiger partial charge in [-0.3, -0.25) is 9.20 Å². The highest BCUT2D eigenvalue weighted by atomic mass is 19.1. The molecule has 9 heteroatoms.